The van der Waals surface area contributed by atoms with Crippen LogP contribution in [0.1, 0.15) is 38.3 Å². The molecule has 0 aliphatic carbocycles. The van der Waals surface area contributed by atoms with E-state index in [2.05, 4.69) is 45.7 Å². The molecule has 2 N–H and O–H groups in total. The smallest absolute Gasteiger partial charge is 0.275 e. The summed E-state index contributed by atoms with van der Waals surface area (Å²) in [5.74, 6) is 0.374. The molecule has 0 fully saturated rings. The van der Waals surface area contributed by atoms with Crippen LogP contribution in [0.4, 0.5) is 11.5 Å². The quantitative estimate of drug-likeness (QED) is 0.699. The summed E-state index contributed by atoms with van der Waals surface area (Å²) in [6, 6.07) is 12.4. The van der Waals surface area contributed by atoms with Gasteiger partial charge in [0.15, 0.2) is 0 Å². The Hall–Kier alpha value is -3.21. The molecule has 0 atom stereocenters. The molecule has 5 nitrogen and oxygen atoms in total. The van der Waals surface area contributed by atoms with Gasteiger partial charge in [-0.3, -0.25) is 4.79 Å². The highest BCUT2D eigenvalue weighted by Gasteiger charge is 2.12. The van der Waals surface area contributed by atoms with Crippen LogP contribution in [0.5, 0.6) is 0 Å². The summed E-state index contributed by atoms with van der Waals surface area (Å²) in [7, 11) is 0. The van der Waals surface area contributed by atoms with Crippen LogP contribution in [-0.4, -0.2) is 15.9 Å². The lowest BCUT2D eigenvalue weighted by molar-refractivity contribution is 0.102. The van der Waals surface area contributed by atoms with Crippen LogP contribution in [0.25, 0.3) is 0 Å². The molecule has 5 heteroatoms. The van der Waals surface area contributed by atoms with Gasteiger partial charge in [0.05, 0.1) is 12.4 Å². The normalized spacial score (nSPS) is 10.5. The van der Waals surface area contributed by atoms with Gasteiger partial charge in [0, 0.05) is 12.2 Å². The number of carbonyl (C=O) groups excluding carboxylic acids is 1. The molecule has 138 valence electrons. The lowest BCUT2D eigenvalue weighted by Gasteiger charge is -2.12. The number of amides is 1. The van der Waals surface area contributed by atoms with Crippen LogP contribution in [0.15, 0.2) is 48.8 Å². The van der Waals surface area contributed by atoms with E-state index in [9.17, 15) is 4.79 Å². The van der Waals surface area contributed by atoms with Gasteiger partial charge in [-0.15, -0.1) is 0 Å². The minimum atomic E-state index is -0.261. The first kappa shape index (κ1) is 18.6. The van der Waals surface area contributed by atoms with Gasteiger partial charge >= 0.3 is 0 Å². The number of benzene rings is 2. The maximum atomic E-state index is 12.5. The van der Waals surface area contributed by atoms with Crippen LogP contribution < -0.4 is 10.6 Å². The Bertz CT molecular complexity index is 941. The molecule has 1 amide bonds. The van der Waals surface area contributed by atoms with E-state index in [0.717, 1.165) is 16.8 Å². The molecule has 0 aliphatic rings. The molecule has 1 heterocycles. The van der Waals surface area contributed by atoms with Gasteiger partial charge in [0.25, 0.3) is 5.91 Å². The molecular weight excluding hydrogens is 336 g/mol. The molecule has 3 aromatic rings. The Morgan fingerprint density at radius 1 is 0.926 bits per heavy atom. The Labute approximate surface area is 159 Å². The summed E-state index contributed by atoms with van der Waals surface area (Å²) < 4.78 is 0. The molecule has 2 aromatic carbocycles. The summed E-state index contributed by atoms with van der Waals surface area (Å²) in [6.45, 7) is 8.73. The topological polar surface area (TPSA) is 66.9 Å². The van der Waals surface area contributed by atoms with Crippen molar-refractivity contribution < 1.29 is 4.79 Å². The fourth-order valence-corrected chi connectivity index (χ4v) is 3.11. The molecule has 3 rings (SSSR count). The van der Waals surface area contributed by atoms with Gasteiger partial charge in [-0.25, -0.2) is 9.97 Å². The molecule has 0 saturated carbocycles. The van der Waals surface area contributed by atoms with Crippen LogP contribution in [0.2, 0.25) is 0 Å². The fourth-order valence-electron chi connectivity index (χ4n) is 3.11. The number of hydrogen-bond acceptors (Lipinski definition) is 4. The summed E-state index contributed by atoms with van der Waals surface area (Å²) in [4.78, 5) is 21.0. The van der Waals surface area contributed by atoms with Crippen molar-refractivity contribution in [3.63, 3.8) is 0 Å². The van der Waals surface area contributed by atoms with Crippen LogP contribution in [0, 0.1) is 27.7 Å². The number of nitrogens with one attached hydrogen (secondary N) is 2. The van der Waals surface area contributed by atoms with E-state index in [1.165, 1.54) is 22.9 Å². The van der Waals surface area contributed by atoms with Crippen molar-refractivity contribution in [1.82, 2.24) is 9.97 Å². The van der Waals surface area contributed by atoms with Gasteiger partial charge in [-0.2, -0.15) is 0 Å². The van der Waals surface area contributed by atoms with Crippen molar-refractivity contribution in [2.45, 2.75) is 34.2 Å². The standard InChI is InChI=1S/C22H24N4O/c1-14-6-5-7-18(10-14)11-24-20-13-23-19(12-25-20)22(27)26-21-16(3)8-15(2)9-17(21)4/h5-10,12-13H,11H2,1-4H3,(H,24,25)(H,26,27). The largest absolute Gasteiger partial charge is 0.365 e. The molecule has 0 aliphatic heterocycles. The molecule has 0 radical (unpaired) electrons. The SMILES string of the molecule is Cc1cccc(CNc2cnc(C(=O)Nc3c(C)cc(C)cc3C)cn2)c1. The number of carbonyl (C=O) groups is 1. The maximum Gasteiger partial charge on any atom is 0.275 e. The van der Waals surface area contributed by atoms with Crippen molar-refractivity contribution in [2.75, 3.05) is 10.6 Å². The monoisotopic (exact) mass is 360 g/mol. The minimum Gasteiger partial charge on any atom is -0.365 e. The van der Waals surface area contributed by atoms with E-state index >= 15 is 0 Å². The lowest BCUT2D eigenvalue weighted by atomic mass is 10.1. The second kappa shape index (κ2) is 7.99. The second-order valence-corrected chi connectivity index (χ2v) is 6.86. The van der Waals surface area contributed by atoms with E-state index in [4.69, 9.17) is 0 Å². The number of hydrogen-bond donors (Lipinski definition) is 2. The van der Waals surface area contributed by atoms with Gasteiger partial charge in [-0.1, -0.05) is 47.5 Å². The fraction of sp³-hybridized carbons (Fsp3) is 0.227. The third-order valence-corrected chi connectivity index (χ3v) is 4.36. The molecule has 27 heavy (non-hydrogen) atoms. The first-order valence-electron chi connectivity index (χ1n) is 8.93. The number of nitrogens with zero attached hydrogens (tertiary/aromatic N) is 2. The highest BCUT2D eigenvalue weighted by molar-refractivity contribution is 6.03. The van der Waals surface area contributed by atoms with Crippen molar-refractivity contribution in [3.05, 3.63) is 82.3 Å². The Balaban J connectivity index is 1.65. The molecule has 0 saturated heterocycles. The van der Waals surface area contributed by atoms with Crippen molar-refractivity contribution >= 4 is 17.4 Å². The van der Waals surface area contributed by atoms with Gasteiger partial charge in [-0.05, 0) is 44.4 Å². The summed E-state index contributed by atoms with van der Waals surface area (Å²) in [6.07, 6.45) is 3.08. The lowest BCUT2D eigenvalue weighted by Crippen LogP contribution is -2.16. The predicted octanol–water partition coefficient (Wildman–Crippen LogP) is 4.57. The van der Waals surface area contributed by atoms with Crippen LogP contribution in [-0.2, 0) is 6.54 Å². The molecule has 1 aromatic heterocycles. The third-order valence-electron chi connectivity index (χ3n) is 4.36. The molecule has 0 bridgehead atoms. The number of anilines is 2. The zero-order valence-electron chi connectivity index (χ0n) is 16.1. The van der Waals surface area contributed by atoms with Gasteiger partial charge in [0.1, 0.15) is 11.5 Å². The van der Waals surface area contributed by atoms with Gasteiger partial charge < -0.3 is 10.6 Å². The predicted molar refractivity (Wildman–Crippen MR) is 109 cm³/mol. The maximum absolute atomic E-state index is 12.5. The summed E-state index contributed by atoms with van der Waals surface area (Å²) in [5, 5.41) is 6.17. The third kappa shape index (κ3) is 4.70. The highest BCUT2D eigenvalue weighted by Crippen LogP contribution is 2.22. The molecular formula is C22H24N4O. The highest BCUT2D eigenvalue weighted by atomic mass is 16.1. The number of aryl methyl sites for hydroxylation is 4. The summed E-state index contributed by atoms with van der Waals surface area (Å²) >= 11 is 0. The molecule has 0 spiro atoms. The van der Waals surface area contributed by atoms with Gasteiger partial charge in [0.2, 0.25) is 0 Å². The van der Waals surface area contributed by atoms with Crippen molar-refractivity contribution in [2.24, 2.45) is 0 Å². The average molecular weight is 360 g/mol. The van der Waals surface area contributed by atoms with Crippen LogP contribution >= 0.6 is 0 Å². The Morgan fingerprint density at radius 3 is 2.30 bits per heavy atom. The summed E-state index contributed by atoms with van der Waals surface area (Å²) in [5.41, 5.74) is 6.74. The average Bonchev–Trinajstić information content (AvgIpc) is 2.63. The van der Waals surface area contributed by atoms with Crippen molar-refractivity contribution in [3.8, 4) is 0 Å². The number of aromatic nitrogens is 2. The van der Waals surface area contributed by atoms with E-state index in [1.807, 2.05) is 39.0 Å². The van der Waals surface area contributed by atoms with E-state index in [-0.39, 0.29) is 11.6 Å². The first-order chi connectivity index (χ1) is 12.9. The van der Waals surface area contributed by atoms with E-state index in [0.29, 0.717) is 12.4 Å². The Kier molecular flexibility index (Phi) is 5.50. The minimum absolute atomic E-state index is 0.261. The first-order valence-corrected chi connectivity index (χ1v) is 8.93. The second-order valence-electron chi connectivity index (χ2n) is 6.86. The zero-order valence-corrected chi connectivity index (χ0v) is 16.1. The van der Waals surface area contributed by atoms with Crippen molar-refractivity contribution in [1.29, 1.82) is 0 Å². The number of rotatable bonds is 5. The van der Waals surface area contributed by atoms with E-state index < -0.39 is 0 Å². The zero-order chi connectivity index (χ0) is 19.4. The van der Waals surface area contributed by atoms with E-state index in [1.54, 1.807) is 6.20 Å². The Morgan fingerprint density at radius 2 is 1.67 bits per heavy atom. The van der Waals surface area contributed by atoms with Crippen LogP contribution in [0.3, 0.4) is 0 Å². The molecule has 0 unspecified atom stereocenters.